The van der Waals surface area contributed by atoms with E-state index in [1.54, 1.807) is 0 Å². The fourth-order valence-corrected chi connectivity index (χ4v) is 1.25. The van der Waals surface area contributed by atoms with E-state index in [1.807, 2.05) is 26.0 Å². The van der Waals surface area contributed by atoms with Crippen LogP contribution in [0.2, 0.25) is 5.02 Å². The molecule has 1 aromatic rings. The van der Waals surface area contributed by atoms with Gasteiger partial charge in [0.25, 0.3) is 0 Å². The van der Waals surface area contributed by atoms with E-state index in [0.29, 0.717) is 0 Å². The summed E-state index contributed by atoms with van der Waals surface area (Å²) >= 11 is 9.05. The second-order valence-corrected chi connectivity index (χ2v) is 3.18. The van der Waals surface area contributed by atoms with Crippen LogP contribution in [-0.4, -0.2) is 7.85 Å². The lowest BCUT2D eigenvalue weighted by Gasteiger charge is -1.95. The average molecular weight is 203 g/mol. The largest absolute Gasteiger partial charge is 0.140 e. The lowest BCUT2D eigenvalue weighted by atomic mass is 9.97. The predicted octanol–water partition coefficient (Wildman–Crippen LogP) is 1.36. The van der Waals surface area contributed by atoms with Crippen LogP contribution in [0.25, 0.3) is 0 Å². The molecule has 0 heterocycles. The first-order valence-corrected chi connectivity index (χ1v) is 3.79. The van der Waals surface area contributed by atoms with E-state index in [4.69, 9.17) is 11.6 Å². The van der Waals surface area contributed by atoms with E-state index in [9.17, 15) is 0 Å². The van der Waals surface area contributed by atoms with E-state index in [2.05, 4.69) is 15.9 Å². The maximum absolute atomic E-state index is 5.69. The van der Waals surface area contributed by atoms with Crippen molar-refractivity contribution in [1.29, 1.82) is 0 Å². The minimum Gasteiger partial charge on any atom is -0.0843 e. The van der Waals surface area contributed by atoms with Crippen LogP contribution in [-0.2, 0) is 0 Å². The van der Waals surface area contributed by atoms with Gasteiger partial charge in [0.1, 0.15) is 7.85 Å². The lowest BCUT2D eigenvalue weighted by Crippen LogP contribution is -2.01. The van der Waals surface area contributed by atoms with Gasteiger partial charge in [-0.2, -0.15) is 0 Å². The van der Waals surface area contributed by atoms with E-state index in [0.717, 1.165) is 9.50 Å². The summed E-state index contributed by atoms with van der Waals surface area (Å²) < 4.78 is 1.06. The van der Waals surface area contributed by atoms with Gasteiger partial charge in [0.15, 0.2) is 0 Å². The molecule has 1 rings (SSSR count). The van der Waals surface area contributed by atoms with Gasteiger partial charge < -0.3 is 0 Å². The van der Waals surface area contributed by atoms with Gasteiger partial charge in [0.2, 0.25) is 0 Å². The van der Waals surface area contributed by atoms with Crippen LogP contribution in [0, 0.1) is 0 Å². The van der Waals surface area contributed by atoms with E-state index >= 15 is 0 Å². The van der Waals surface area contributed by atoms with Gasteiger partial charge in [0.05, 0.1) is 0 Å². The van der Waals surface area contributed by atoms with Crippen molar-refractivity contribution in [1.82, 2.24) is 0 Å². The van der Waals surface area contributed by atoms with Crippen LogP contribution in [0.3, 0.4) is 0 Å². The van der Waals surface area contributed by atoms with Crippen LogP contribution >= 0.6 is 27.5 Å². The molecule has 3 heteroatoms. The fourth-order valence-electron chi connectivity index (χ4n) is 0.567. The third-order valence-electron chi connectivity index (χ3n) is 1.13. The summed E-state index contributed by atoms with van der Waals surface area (Å²) in [6.07, 6.45) is 0. The number of rotatable bonds is 0. The van der Waals surface area contributed by atoms with Gasteiger partial charge >= 0.3 is 0 Å². The highest BCUT2D eigenvalue weighted by atomic mass is 79.9. The van der Waals surface area contributed by atoms with Crippen molar-refractivity contribution in [3.8, 4) is 0 Å². The molecule has 0 radical (unpaired) electrons. The number of hydrogen-bond acceptors (Lipinski definition) is 0. The van der Waals surface area contributed by atoms with E-state index < -0.39 is 0 Å². The summed E-state index contributed by atoms with van der Waals surface area (Å²) in [5, 5.41) is 0.771. The smallest absolute Gasteiger partial charge is 0.0843 e. The van der Waals surface area contributed by atoms with Crippen LogP contribution < -0.4 is 5.46 Å². The summed E-state index contributed by atoms with van der Waals surface area (Å²) in [4.78, 5) is 0. The molecule has 0 aliphatic rings. The van der Waals surface area contributed by atoms with Crippen molar-refractivity contribution in [3.05, 3.63) is 27.7 Å². The van der Waals surface area contributed by atoms with Gasteiger partial charge in [-0.25, -0.2) is 0 Å². The first-order chi connectivity index (χ1) is 4.20. The molecule has 0 aliphatic carbocycles. The van der Waals surface area contributed by atoms with Crippen LogP contribution in [0.5, 0.6) is 0 Å². The Balaban J connectivity index is 3.17. The standard InChI is InChI=1S/C6H5BBrCl/c7-5-2-1-4(9)3-6(5)8/h1-3H,7H2. The molecule has 0 unspecified atom stereocenters. The van der Waals surface area contributed by atoms with Crippen molar-refractivity contribution in [2.75, 3.05) is 0 Å². The quantitative estimate of drug-likeness (QED) is 0.559. The molecule has 0 atom stereocenters. The third-order valence-corrected chi connectivity index (χ3v) is 2.22. The van der Waals surface area contributed by atoms with Crippen LogP contribution in [0.4, 0.5) is 0 Å². The minimum absolute atomic E-state index is 0.771. The van der Waals surface area contributed by atoms with E-state index in [-0.39, 0.29) is 0 Å². The monoisotopic (exact) mass is 202 g/mol. The Morgan fingerprint density at radius 2 is 2.11 bits per heavy atom. The van der Waals surface area contributed by atoms with Gasteiger partial charge in [-0.15, -0.1) is 0 Å². The average Bonchev–Trinajstić information content (AvgIpc) is 1.80. The van der Waals surface area contributed by atoms with Crippen molar-refractivity contribution >= 4 is 40.8 Å². The Morgan fingerprint density at radius 1 is 1.44 bits per heavy atom. The zero-order valence-corrected chi connectivity index (χ0v) is 7.33. The van der Waals surface area contributed by atoms with Crippen molar-refractivity contribution < 1.29 is 0 Å². The van der Waals surface area contributed by atoms with Crippen LogP contribution in [0.15, 0.2) is 22.7 Å². The maximum atomic E-state index is 5.69. The number of benzene rings is 1. The summed E-state index contributed by atoms with van der Waals surface area (Å²) in [6.45, 7) is 0. The van der Waals surface area contributed by atoms with E-state index in [1.165, 1.54) is 5.46 Å². The SMILES string of the molecule is Bc1ccc(Cl)cc1Br. The molecule has 0 aromatic heterocycles. The highest BCUT2D eigenvalue weighted by molar-refractivity contribution is 9.10. The van der Waals surface area contributed by atoms with Gasteiger partial charge in [0, 0.05) is 9.50 Å². The van der Waals surface area contributed by atoms with Gasteiger partial charge in [-0.05, 0) is 12.1 Å². The third kappa shape index (κ3) is 1.73. The Bertz CT molecular complexity index is 224. The minimum atomic E-state index is 0.771. The molecule has 46 valence electrons. The summed E-state index contributed by atoms with van der Waals surface area (Å²) in [5.41, 5.74) is 1.21. The first-order valence-electron chi connectivity index (χ1n) is 2.62. The highest BCUT2D eigenvalue weighted by Crippen LogP contribution is 2.12. The Morgan fingerprint density at radius 3 is 2.56 bits per heavy atom. The molecule has 0 fully saturated rings. The zero-order valence-electron chi connectivity index (χ0n) is 4.99. The molecule has 9 heavy (non-hydrogen) atoms. The normalized spacial score (nSPS) is 9.56. The molecule has 0 amide bonds. The first kappa shape index (κ1) is 7.17. The molecule has 0 saturated heterocycles. The number of halogens is 2. The number of hydrogen-bond donors (Lipinski definition) is 0. The fraction of sp³-hybridized carbons (Fsp3) is 0. The lowest BCUT2D eigenvalue weighted by molar-refractivity contribution is 1.71. The van der Waals surface area contributed by atoms with Gasteiger partial charge in [-0.1, -0.05) is 39.1 Å². The molecule has 0 aliphatic heterocycles. The summed E-state index contributed by atoms with van der Waals surface area (Å²) in [5.74, 6) is 0. The Hall–Kier alpha value is 0.0549. The molecule has 1 aromatic carbocycles. The molecular formula is C6H5BBrCl. The summed E-state index contributed by atoms with van der Waals surface area (Å²) in [7, 11) is 2.03. The highest BCUT2D eigenvalue weighted by Gasteiger charge is 1.92. The van der Waals surface area contributed by atoms with Crippen molar-refractivity contribution in [2.24, 2.45) is 0 Å². The Kier molecular flexibility index (Phi) is 2.20. The molecule has 0 nitrogen and oxygen atoms in total. The summed E-state index contributed by atoms with van der Waals surface area (Å²) in [6, 6.07) is 5.74. The van der Waals surface area contributed by atoms with Gasteiger partial charge in [-0.3, -0.25) is 0 Å². The second kappa shape index (κ2) is 2.76. The van der Waals surface area contributed by atoms with Crippen LogP contribution in [0.1, 0.15) is 0 Å². The maximum Gasteiger partial charge on any atom is 0.140 e. The second-order valence-electron chi connectivity index (χ2n) is 1.89. The molecule has 0 N–H and O–H groups in total. The molecule has 0 saturated carbocycles. The Labute approximate surface area is 68.8 Å². The van der Waals surface area contributed by atoms with Crippen molar-refractivity contribution in [3.63, 3.8) is 0 Å². The molecule has 0 spiro atoms. The van der Waals surface area contributed by atoms with Crippen molar-refractivity contribution in [2.45, 2.75) is 0 Å². The molecular weight excluding hydrogens is 198 g/mol. The zero-order chi connectivity index (χ0) is 6.85. The predicted molar refractivity (Wildman–Crippen MR) is 47.3 cm³/mol. The topological polar surface area (TPSA) is 0 Å². The molecule has 0 bridgehead atoms.